The Morgan fingerprint density at radius 3 is 2.58 bits per heavy atom. The van der Waals surface area contributed by atoms with E-state index in [1.54, 1.807) is 18.1 Å². The van der Waals surface area contributed by atoms with Gasteiger partial charge in [-0.25, -0.2) is 9.18 Å². The van der Waals surface area contributed by atoms with E-state index in [9.17, 15) is 14.0 Å². The molecule has 1 aliphatic heterocycles. The standard InChI is InChI=1S/C29H44FN3O5/c1-8-37-26-23-14-13-21(30)18-24(23)32(16-9-10-17-36-7)25(26)27(34)33(20(2)3)22-12-11-15-31(19-22)28(35)38-29(4,5)6/h13-14,18,20,22H,8-12,15-17,19H2,1-7H3/t22-/m1/s1. The molecule has 212 valence electrons. The lowest BCUT2D eigenvalue weighted by molar-refractivity contribution is 0.00725. The third kappa shape index (κ3) is 6.98. The maximum atomic E-state index is 14.4. The zero-order valence-corrected chi connectivity index (χ0v) is 24.0. The molecule has 0 saturated carbocycles. The minimum absolute atomic E-state index is 0.128. The van der Waals surface area contributed by atoms with E-state index in [1.165, 1.54) is 12.1 Å². The van der Waals surface area contributed by atoms with Crippen LogP contribution in [0.1, 0.15) is 77.7 Å². The SMILES string of the molecule is CCOc1c(C(=O)N(C(C)C)[C@@H]2CCCN(C(=O)OC(C)(C)C)C2)n(CCCCOC)c2cc(F)ccc12. The van der Waals surface area contributed by atoms with E-state index in [0.29, 0.717) is 55.2 Å². The second-order valence-electron chi connectivity index (χ2n) is 11.2. The number of nitrogens with zero attached hydrogens (tertiary/aromatic N) is 3. The molecule has 2 heterocycles. The summed E-state index contributed by atoms with van der Waals surface area (Å²) < 4.78 is 33.1. The van der Waals surface area contributed by atoms with Gasteiger partial charge in [-0.15, -0.1) is 0 Å². The Kier molecular flexibility index (Phi) is 10.0. The van der Waals surface area contributed by atoms with Gasteiger partial charge in [-0.2, -0.15) is 0 Å². The van der Waals surface area contributed by atoms with Crippen molar-refractivity contribution in [2.24, 2.45) is 0 Å². The van der Waals surface area contributed by atoms with Crippen molar-refractivity contribution in [2.75, 3.05) is 33.4 Å². The summed E-state index contributed by atoms with van der Waals surface area (Å²) in [7, 11) is 1.66. The lowest BCUT2D eigenvalue weighted by Crippen LogP contribution is -2.54. The Hall–Kier alpha value is -2.81. The molecule has 0 aliphatic carbocycles. The highest BCUT2D eigenvalue weighted by Gasteiger charge is 2.37. The first kappa shape index (κ1) is 29.7. The highest BCUT2D eigenvalue weighted by molar-refractivity contribution is 6.04. The summed E-state index contributed by atoms with van der Waals surface area (Å²) in [5, 5.41) is 0.714. The van der Waals surface area contributed by atoms with Gasteiger partial charge in [-0.3, -0.25) is 4.79 Å². The number of aromatic nitrogens is 1. The molecule has 0 spiro atoms. The fraction of sp³-hybridized carbons (Fsp3) is 0.655. The van der Waals surface area contributed by atoms with Crippen LogP contribution in [0.4, 0.5) is 9.18 Å². The molecule has 2 aromatic rings. The van der Waals surface area contributed by atoms with E-state index in [1.807, 2.05) is 51.0 Å². The van der Waals surface area contributed by atoms with Crippen molar-refractivity contribution in [3.63, 3.8) is 0 Å². The number of rotatable bonds is 10. The number of carbonyl (C=O) groups excluding carboxylic acids is 2. The molecule has 8 nitrogen and oxygen atoms in total. The third-order valence-corrected chi connectivity index (χ3v) is 6.68. The van der Waals surface area contributed by atoms with Crippen LogP contribution in [0.2, 0.25) is 0 Å². The largest absolute Gasteiger partial charge is 0.491 e. The van der Waals surface area contributed by atoms with E-state index in [-0.39, 0.29) is 29.9 Å². The van der Waals surface area contributed by atoms with Crippen LogP contribution in [-0.4, -0.2) is 77.5 Å². The molecule has 0 bridgehead atoms. The number of likely N-dealkylation sites (tertiary alicyclic amines) is 1. The fourth-order valence-corrected chi connectivity index (χ4v) is 5.16. The quantitative estimate of drug-likeness (QED) is 0.358. The van der Waals surface area contributed by atoms with Crippen LogP contribution in [0, 0.1) is 5.82 Å². The monoisotopic (exact) mass is 533 g/mol. The number of piperidine rings is 1. The van der Waals surface area contributed by atoms with Crippen molar-refractivity contribution >= 4 is 22.9 Å². The Morgan fingerprint density at radius 2 is 1.95 bits per heavy atom. The summed E-state index contributed by atoms with van der Waals surface area (Å²) in [6, 6.07) is 4.24. The molecule has 3 rings (SSSR count). The number of carbonyl (C=O) groups is 2. The smallest absolute Gasteiger partial charge is 0.410 e. The van der Waals surface area contributed by atoms with Crippen LogP contribution < -0.4 is 4.74 Å². The molecular formula is C29H44FN3O5. The number of aryl methyl sites for hydroxylation is 1. The molecule has 2 amide bonds. The average Bonchev–Trinajstić information content (AvgIpc) is 3.13. The van der Waals surface area contributed by atoms with Crippen molar-refractivity contribution in [1.82, 2.24) is 14.4 Å². The number of fused-ring (bicyclic) bond motifs is 1. The minimum atomic E-state index is -0.594. The van der Waals surface area contributed by atoms with Crippen LogP contribution in [0.15, 0.2) is 18.2 Å². The third-order valence-electron chi connectivity index (χ3n) is 6.68. The summed E-state index contributed by atoms with van der Waals surface area (Å²) in [5.74, 6) is -0.0660. The van der Waals surface area contributed by atoms with Gasteiger partial charge in [0.25, 0.3) is 5.91 Å². The lowest BCUT2D eigenvalue weighted by Gasteiger charge is -2.41. The Balaban J connectivity index is 2.02. The molecule has 38 heavy (non-hydrogen) atoms. The van der Waals surface area contributed by atoms with Gasteiger partial charge < -0.3 is 28.6 Å². The number of unbranched alkanes of at least 4 members (excludes halogenated alkanes) is 1. The average molecular weight is 534 g/mol. The lowest BCUT2D eigenvalue weighted by atomic mass is 10.0. The van der Waals surface area contributed by atoms with Gasteiger partial charge in [0, 0.05) is 44.8 Å². The van der Waals surface area contributed by atoms with Gasteiger partial charge in [0.05, 0.1) is 18.2 Å². The Bertz CT molecular complexity index is 1110. The molecule has 1 aliphatic rings. The summed E-state index contributed by atoms with van der Waals surface area (Å²) in [6.07, 6.45) is 2.75. The number of halogens is 1. The van der Waals surface area contributed by atoms with Crippen LogP contribution >= 0.6 is 0 Å². The number of methoxy groups -OCH3 is 1. The summed E-state index contributed by atoms with van der Waals surface area (Å²) in [6.45, 7) is 13.9. The fourth-order valence-electron chi connectivity index (χ4n) is 5.16. The van der Waals surface area contributed by atoms with Gasteiger partial charge in [0.2, 0.25) is 0 Å². The zero-order chi connectivity index (χ0) is 28.0. The highest BCUT2D eigenvalue weighted by Crippen LogP contribution is 2.36. The molecule has 1 aromatic carbocycles. The van der Waals surface area contributed by atoms with Crippen LogP contribution in [0.25, 0.3) is 10.9 Å². The number of amides is 2. The topological polar surface area (TPSA) is 73.2 Å². The number of ether oxygens (including phenoxy) is 3. The second kappa shape index (κ2) is 12.8. The minimum Gasteiger partial charge on any atom is -0.491 e. The van der Waals surface area contributed by atoms with Gasteiger partial charge in [0.1, 0.15) is 11.4 Å². The van der Waals surface area contributed by atoms with Crippen molar-refractivity contribution in [3.8, 4) is 5.75 Å². The second-order valence-corrected chi connectivity index (χ2v) is 11.2. The molecule has 1 fully saturated rings. The predicted molar refractivity (Wildman–Crippen MR) is 146 cm³/mol. The maximum absolute atomic E-state index is 14.4. The summed E-state index contributed by atoms with van der Waals surface area (Å²) >= 11 is 0. The molecular weight excluding hydrogens is 489 g/mol. The van der Waals surface area contributed by atoms with Gasteiger partial charge in [-0.05, 0) is 85.4 Å². The Morgan fingerprint density at radius 1 is 1.21 bits per heavy atom. The van der Waals surface area contributed by atoms with E-state index in [0.717, 1.165) is 25.7 Å². The van der Waals surface area contributed by atoms with E-state index < -0.39 is 5.60 Å². The summed E-state index contributed by atoms with van der Waals surface area (Å²) in [5.41, 5.74) is 0.466. The van der Waals surface area contributed by atoms with Crippen molar-refractivity contribution in [2.45, 2.75) is 91.5 Å². The Labute approximate surface area is 226 Å². The molecule has 0 unspecified atom stereocenters. The molecule has 1 atom stereocenters. The predicted octanol–water partition coefficient (Wildman–Crippen LogP) is 5.86. The van der Waals surface area contributed by atoms with Gasteiger partial charge in [0.15, 0.2) is 11.4 Å². The van der Waals surface area contributed by atoms with Crippen molar-refractivity contribution in [3.05, 3.63) is 29.7 Å². The van der Waals surface area contributed by atoms with Crippen LogP contribution in [0.3, 0.4) is 0 Å². The maximum Gasteiger partial charge on any atom is 0.410 e. The molecule has 0 radical (unpaired) electrons. The zero-order valence-electron chi connectivity index (χ0n) is 24.0. The number of benzene rings is 1. The first-order valence-electron chi connectivity index (χ1n) is 13.7. The highest BCUT2D eigenvalue weighted by atomic mass is 19.1. The number of hydrogen-bond acceptors (Lipinski definition) is 5. The normalized spacial score (nSPS) is 16.2. The van der Waals surface area contributed by atoms with E-state index in [2.05, 4.69) is 0 Å². The van der Waals surface area contributed by atoms with Crippen molar-refractivity contribution in [1.29, 1.82) is 0 Å². The molecule has 1 aromatic heterocycles. The van der Waals surface area contributed by atoms with Gasteiger partial charge >= 0.3 is 6.09 Å². The molecule has 9 heteroatoms. The van der Waals surface area contributed by atoms with Crippen LogP contribution in [0.5, 0.6) is 5.75 Å². The van der Waals surface area contributed by atoms with E-state index >= 15 is 0 Å². The molecule has 0 N–H and O–H groups in total. The first-order valence-corrected chi connectivity index (χ1v) is 13.7. The summed E-state index contributed by atoms with van der Waals surface area (Å²) in [4.78, 5) is 30.8. The number of hydrogen-bond donors (Lipinski definition) is 0. The van der Waals surface area contributed by atoms with E-state index in [4.69, 9.17) is 14.2 Å². The molecule has 1 saturated heterocycles. The van der Waals surface area contributed by atoms with Gasteiger partial charge in [-0.1, -0.05) is 0 Å². The van der Waals surface area contributed by atoms with Crippen LogP contribution in [-0.2, 0) is 16.0 Å². The van der Waals surface area contributed by atoms with Crippen molar-refractivity contribution < 1.29 is 28.2 Å². The first-order chi connectivity index (χ1) is 18.0.